The van der Waals surface area contributed by atoms with Crippen LogP contribution in [0.3, 0.4) is 0 Å². The average molecular weight is 353 g/mol. The standard InChI is InChI=1S/C19H23N5O2/c25-17(15-5-4-9-20-13-15)19(26)23-11-7-14(8-12-23)18-22-21-16-6-2-1-3-10-24(16)18/h4-5,9,13-14H,1-3,6-8,10-12H2. The van der Waals surface area contributed by atoms with E-state index in [0.717, 1.165) is 37.5 Å². The zero-order valence-electron chi connectivity index (χ0n) is 14.8. The third-order valence-corrected chi connectivity index (χ3v) is 5.40. The number of ketones is 1. The van der Waals surface area contributed by atoms with E-state index in [0.29, 0.717) is 24.6 Å². The summed E-state index contributed by atoms with van der Waals surface area (Å²) in [5.74, 6) is 1.56. The molecule has 1 saturated heterocycles. The maximum atomic E-state index is 12.5. The fraction of sp³-hybridized carbons (Fsp3) is 0.526. The third-order valence-electron chi connectivity index (χ3n) is 5.40. The molecule has 4 heterocycles. The highest BCUT2D eigenvalue weighted by molar-refractivity contribution is 6.42. The third kappa shape index (κ3) is 3.25. The van der Waals surface area contributed by atoms with Crippen LogP contribution in [0, 0.1) is 0 Å². The average Bonchev–Trinajstić information content (AvgIpc) is 2.96. The molecule has 4 rings (SSSR count). The van der Waals surface area contributed by atoms with Crippen molar-refractivity contribution >= 4 is 11.7 Å². The van der Waals surface area contributed by atoms with E-state index in [1.165, 1.54) is 25.5 Å². The zero-order chi connectivity index (χ0) is 17.9. The van der Waals surface area contributed by atoms with Crippen molar-refractivity contribution in [1.82, 2.24) is 24.6 Å². The minimum absolute atomic E-state index is 0.312. The smallest absolute Gasteiger partial charge is 0.295 e. The molecule has 7 heteroatoms. The maximum Gasteiger partial charge on any atom is 0.295 e. The summed E-state index contributed by atoms with van der Waals surface area (Å²) in [6.07, 6.45) is 9.29. The van der Waals surface area contributed by atoms with Gasteiger partial charge in [-0.25, -0.2) is 0 Å². The molecule has 1 amide bonds. The van der Waals surface area contributed by atoms with E-state index in [1.54, 1.807) is 23.2 Å². The van der Waals surface area contributed by atoms with Crippen LogP contribution in [0.2, 0.25) is 0 Å². The number of carbonyl (C=O) groups is 2. The van der Waals surface area contributed by atoms with Crippen LogP contribution in [0.1, 0.15) is 60.0 Å². The second-order valence-electron chi connectivity index (χ2n) is 7.07. The van der Waals surface area contributed by atoms with Crippen molar-refractivity contribution in [1.29, 1.82) is 0 Å². The number of rotatable bonds is 3. The van der Waals surface area contributed by atoms with E-state index in [4.69, 9.17) is 0 Å². The number of hydrogen-bond acceptors (Lipinski definition) is 5. The van der Waals surface area contributed by atoms with Gasteiger partial charge < -0.3 is 9.47 Å². The lowest BCUT2D eigenvalue weighted by atomic mass is 9.95. The predicted octanol–water partition coefficient (Wildman–Crippen LogP) is 1.99. The van der Waals surface area contributed by atoms with Gasteiger partial charge in [0.1, 0.15) is 11.6 Å². The van der Waals surface area contributed by atoms with Crippen molar-refractivity contribution in [3.8, 4) is 0 Å². The number of nitrogens with zero attached hydrogens (tertiary/aromatic N) is 5. The first-order valence-electron chi connectivity index (χ1n) is 9.39. The van der Waals surface area contributed by atoms with E-state index in [2.05, 4.69) is 19.7 Å². The number of Topliss-reactive ketones (excluding diaryl/α,β-unsaturated/α-hetero) is 1. The highest BCUT2D eigenvalue weighted by atomic mass is 16.2. The Hall–Kier alpha value is -2.57. The van der Waals surface area contributed by atoms with Gasteiger partial charge in [0.2, 0.25) is 0 Å². The van der Waals surface area contributed by atoms with Crippen molar-refractivity contribution in [3.05, 3.63) is 41.7 Å². The van der Waals surface area contributed by atoms with Gasteiger partial charge in [0, 0.05) is 49.9 Å². The Bertz CT molecular complexity index is 794. The van der Waals surface area contributed by atoms with Gasteiger partial charge in [-0.15, -0.1) is 10.2 Å². The van der Waals surface area contributed by atoms with Gasteiger partial charge >= 0.3 is 0 Å². The molecule has 1 fully saturated rings. The Labute approximate surface area is 152 Å². The lowest BCUT2D eigenvalue weighted by Gasteiger charge is -2.31. The van der Waals surface area contributed by atoms with Crippen LogP contribution >= 0.6 is 0 Å². The number of piperidine rings is 1. The number of aromatic nitrogens is 4. The van der Waals surface area contributed by atoms with E-state index in [-0.39, 0.29) is 0 Å². The first-order valence-corrected chi connectivity index (χ1v) is 9.39. The van der Waals surface area contributed by atoms with E-state index < -0.39 is 11.7 Å². The Morgan fingerprint density at radius 3 is 2.65 bits per heavy atom. The molecule has 0 bridgehead atoms. The van der Waals surface area contributed by atoms with Crippen molar-refractivity contribution in [3.63, 3.8) is 0 Å². The number of hydrogen-bond donors (Lipinski definition) is 0. The second kappa shape index (κ2) is 7.35. The van der Waals surface area contributed by atoms with Gasteiger partial charge in [0.25, 0.3) is 11.7 Å². The summed E-state index contributed by atoms with van der Waals surface area (Å²) in [5.41, 5.74) is 0.349. The SMILES string of the molecule is O=C(C(=O)N1CCC(c2nnc3n2CCCCC3)CC1)c1cccnc1. The molecule has 2 aliphatic rings. The molecule has 7 nitrogen and oxygen atoms in total. The van der Waals surface area contributed by atoms with Gasteiger partial charge in [-0.05, 0) is 37.8 Å². The van der Waals surface area contributed by atoms with Gasteiger partial charge in [-0.2, -0.15) is 0 Å². The monoisotopic (exact) mass is 353 g/mol. The number of pyridine rings is 1. The minimum Gasteiger partial charge on any atom is -0.336 e. The van der Waals surface area contributed by atoms with Gasteiger partial charge in [0.15, 0.2) is 0 Å². The number of fused-ring (bicyclic) bond motifs is 1. The molecule has 26 heavy (non-hydrogen) atoms. The summed E-state index contributed by atoms with van der Waals surface area (Å²) >= 11 is 0. The molecule has 0 spiro atoms. The Morgan fingerprint density at radius 1 is 1.04 bits per heavy atom. The molecule has 2 aromatic heterocycles. The molecular weight excluding hydrogens is 330 g/mol. The largest absolute Gasteiger partial charge is 0.336 e. The first kappa shape index (κ1) is 16.9. The zero-order valence-corrected chi connectivity index (χ0v) is 14.8. The highest BCUT2D eigenvalue weighted by Crippen LogP contribution is 2.29. The Morgan fingerprint density at radius 2 is 1.88 bits per heavy atom. The molecule has 0 aliphatic carbocycles. The van der Waals surface area contributed by atoms with Gasteiger partial charge in [-0.1, -0.05) is 6.42 Å². The normalized spacial score (nSPS) is 18.2. The molecular formula is C19H23N5O2. The summed E-state index contributed by atoms with van der Waals surface area (Å²) in [7, 11) is 0. The number of carbonyl (C=O) groups excluding carboxylic acids is 2. The Kier molecular flexibility index (Phi) is 4.77. The summed E-state index contributed by atoms with van der Waals surface area (Å²) in [6.45, 7) is 2.16. The van der Waals surface area contributed by atoms with Crippen molar-refractivity contribution in [2.24, 2.45) is 0 Å². The molecule has 0 N–H and O–H groups in total. The molecule has 0 unspecified atom stereocenters. The van der Waals surface area contributed by atoms with Crippen LogP contribution < -0.4 is 0 Å². The fourth-order valence-corrected chi connectivity index (χ4v) is 3.91. The van der Waals surface area contributed by atoms with Crippen LogP contribution in [0.25, 0.3) is 0 Å². The van der Waals surface area contributed by atoms with Crippen LogP contribution in [0.5, 0.6) is 0 Å². The predicted molar refractivity (Wildman–Crippen MR) is 94.7 cm³/mol. The summed E-state index contributed by atoms with van der Waals surface area (Å²) in [4.78, 5) is 30.4. The van der Waals surface area contributed by atoms with E-state index in [1.807, 2.05) is 0 Å². The maximum absolute atomic E-state index is 12.5. The molecule has 0 radical (unpaired) electrons. The summed E-state index contributed by atoms with van der Waals surface area (Å²) < 4.78 is 2.29. The van der Waals surface area contributed by atoms with Crippen LogP contribution in [-0.4, -0.2) is 49.4 Å². The second-order valence-corrected chi connectivity index (χ2v) is 7.07. The molecule has 136 valence electrons. The van der Waals surface area contributed by atoms with Crippen molar-refractivity contribution in [2.45, 2.75) is 51.0 Å². The lowest BCUT2D eigenvalue weighted by molar-refractivity contribution is -0.127. The van der Waals surface area contributed by atoms with E-state index in [9.17, 15) is 9.59 Å². The van der Waals surface area contributed by atoms with Crippen LogP contribution in [0.15, 0.2) is 24.5 Å². The van der Waals surface area contributed by atoms with Crippen LogP contribution in [0.4, 0.5) is 0 Å². The number of likely N-dealkylation sites (tertiary alicyclic amines) is 1. The highest BCUT2D eigenvalue weighted by Gasteiger charge is 2.31. The minimum atomic E-state index is -0.479. The molecule has 0 saturated carbocycles. The molecule has 0 atom stereocenters. The topological polar surface area (TPSA) is 81.0 Å². The molecule has 2 aromatic rings. The molecule has 2 aliphatic heterocycles. The number of aryl methyl sites for hydroxylation is 1. The van der Waals surface area contributed by atoms with Crippen molar-refractivity contribution < 1.29 is 9.59 Å². The van der Waals surface area contributed by atoms with Crippen molar-refractivity contribution in [2.75, 3.05) is 13.1 Å². The summed E-state index contributed by atoms with van der Waals surface area (Å²) in [6, 6.07) is 3.30. The first-order chi connectivity index (χ1) is 12.7. The summed E-state index contributed by atoms with van der Waals surface area (Å²) in [5, 5.41) is 8.84. The number of amides is 1. The Balaban J connectivity index is 1.41. The van der Waals surface area contributed by atoms with E-state index >= 15 is 0 Å². The van der Waals surface area contributed by atoms with Gasteiger partial charge in [-0.3, -0.25) is 14.6 Å². The lowest BCUT2D eigenvalue weighted by Crippen LogP contribution is -2.42. The molecule has 0 aromatic carbocycles. The quantitative estimate of drug-likeness (QED) is 0.623. The fourth-order valence-electron chi connectivity index (χ4n) is 3.91. The van der Waals surface area contributed by atoms with Gasteiger partial charge in [0.05, 0.1) is 0 Å². The van der Waals surface area contributed by atoms with Crippen LogP contribution in [-0.2, 0) is 17.8 Å².